The molecule has 2 aliphatic rings. The van der Waals surface area contributed by atoms with E-state index in [-0.39, 0.29) is 11.1 Å². The molecular formula is C14H22N2OS. The summed E-state index contributed by atoms with van der Waals surface area (Å²) < 4.78 is 5.98. The van der Waals surface area contributed by atoms with Crippen LogP contribution in [0.15, 0.2) is 11.6 Å². The first-order chi connectivity index (χ1) is 8.60. The third kappa shape index (κ3) is 2.33. The van der Waals surface area contributed by atoms with E-state index < -0.39 is 0 Å². The molecule has 1 aliphatic heterocycles. The van der Waals surface area contributed by atoms with Gasteiger partial charge in [0.15, 0.2) is 0 Å². The molecule has 2 heterocycles. The largest absolute Gasteiger partial charge is 0.375 e. The van der Waals surface area contributed by atoms with Crippen molar-refractivity contribution in [2.75, 3.05) is 6.61 Å². The van der Waals surface area contributed by atoms with Crippen LogP contribution in [-0.4, -0.2) is 23.2 Å². The van der Waals surface area contributed by atoms with Gasteiger partial charge >= 0.3 is 0 Å². The Morgan fingerprint density at radius 2 is 2.33 bits per heavy atom. The second kappa shape index (κ2) is 4.58. The van der Waals surface area contributed by atoms with Crippen LogP contribution in [0.25, 0.3) is 0 Å². The smallest absolute Gasteiger partial charge is 0.112 e. The summed E-state index contributed by atoms with van der Waals surface area (Å²) in [6.07, 6.45) is 8.02. The summed E-state index contributed by atoms with van der Waals surface area (Å²) in [4.78, 5) is 4.45. The number of thiazole rings is 1. The van der Waals surface area contributed by atoms with E-state index in [0.29, 0.717) is 6.04 Å². The Balaban J connectivity index is 1.65. The number of ether oxygens (including phenoxy) is 1. The molecule has 18 heavy (non-hydrogen) atoms. The van der Waals surface area contributed by atoms with Gasteiger partial charge in [-0.3, -0.25) is 0 Å². The van der Waals surface area contributed by atoms with E-state index in [1.807, 2.05) is 6.20 Å². The van der Waals surface area contributed by atoms with E-state index in [2.05, 4.69) is 29.5 Å². The molecular weight excluding hydrogens is 244 g/mol. The van der Waals surface area contributed by atoms with Gasteiger partial charge in [0.1, 0.15) is 5.01 Å². The van der Waals surface area contributed by atoms with Crippen molar-refractivity contribution in [2.45, 2.75) is 63.1 Å². The van der Waals surface area contributed by atoms with Crippen molar-refractivity contribution in [3.05, 3.63) is 16.6 Å². The molecule has 2 fully saturated rings. The summed E-state index contributed by atoms with van der Waals surface area (Å²) in [7, 11) is 0. The Hall–Kier alpha value is -0.450. The lowest BCUT2D eigenvalue weighted by molar-refractivity contribution is -0.137. The van der Waals surface area contributed by atoms with Gasteiger partial charge in [0.2, 0.25) is 0 Å². The Labute approximate surface area is 113 Å². The number of nitrogens with one attached hydrogen (secondary N) is 1. The van der Waals surface area contributed by atoms with Crippen LogP contribution in [-0.2, 0) is 10.3 Å². The van der Waals surface area contributed by atoms with E-state index in [4.69, 9.17) is 4.74 Å². The third-order valence-corrected chi connectivity index (χ3v) is 5.39. The summed E-state index contributed by atoms with van der Waals surface area (Å²) in [5.41, 5.74) is 0.190. The lowest BCUT2D eigenvalue weighted by Crippen LogP contribution is -2.54. The van der Waals surface area contributed by atoms with E-state index in [0.717, 1.165) is 13.0 Å². The van der Waals surface area contributed by atoms with Gasteiger partial charge in [-0.2, -0.15) is 0 Å². The van der Waals surface area contributed by atoms with Gasteiger partial charge in [0.05, 0.1) is 11.1 Å². The summed E-state index contributed by atoms with van der Waals surface area (Å²) in [5, 5.41) is 7.02. The monoisotopic (exact) mass is 266 g/mol. The zero-order chi connectivity index (χ0) is 12.6. The average Bonchev–Trinajstić information content (AvgIpc) is 2.80. The highest BCUT2D eigenvalue weighted by molar-refractivity contribution is 7.09. The minimum Gasteiger partial charge on any atom is -0.375 e. The molecule has 1 saturated heterocycles. The van der Waals surface area contributed by atoms with Gasteiger partial charge in [0.25, 0.3) is 0 Å². The first-order valence-corrected chi connectivity index (χ1v) is 7.79. The maximum absolute atomic E-state index is 5.98. The standard InChI is InChI=1S/C14H22N2OS/c1-13(2,12-15-7-9-18-12)16-11-4-8-17-14(10-11)5-3-6-14/h7,9,11,16H,3-6,8,10H2,1-2H3. The minimum atomic E-state index is -0.0267. The maximum Gasteiger partial charge on any atom is 0.112 e. The number of nitrogens with zero attached hydrogens (tertiary/aromatic N) is 1. The molecule has 4 heteroatoms. The highest BCUT2D eigenvalue weighted by Crippen LogP contribution is 2.42. The fraction of sp³-hybridized carbons (Fsp3) is 0.786. The molecule has 1 N–H and O–H groups in total. The molecule has 0 radical (unpaired) electrons. The van der Waals surface area contributed by atoms with Crippen LogP contribution < -0.4 is 5.32 Å². The Kier molecular flexibility index (Phi) is 3.20. The van der Waals surface area contributed by atoms with E-state index >= 15 is 0 Å². The molecule has 3 nitrogen and oxygen atoms in total. The normalized spacial score (nSPS) is 27.1. The van der Waals surface area contributed by atoms with Crippen LogP contribution in [0.5, 0.6) is 0 Å². The van der Waals surface area contributed by atoms with Crippen LogP contribution in [0.2, 0.25) is 0 Å². The highest BCUT2D eigenvalue weighted by Gasteiger charge is 2.43. The SMILES string of the molecule is CC(C)(NC1CCOC2(CCC2)C1)c1nccs1. The quantitative estimate of drug-likeness (QED) is 0.913. The number of rotatable bonds is 3. The Morgan fingerprint density at radius 3 is 2.94 bits per heavy atom. The molecule has 1 aliphatic carbocycles. The van der Waals surface area contributed by atoms with Crippen LogP contribution in [0.4, 0.5) is 0 Å². The van der Waals surface area contributed by atoms with Crippen molar-refractivity contribution >= 4 is 11.3 Å². The van der Waals surface area contributed by atoms with Crippen molar-refractivity contribution in [3.63, 3.8) is 0 Å². The lowest BCUT2D eigenvalue weighted by Gasteiger charge is -2.48. The third-order valence-electron chi connectivity index (χ3n) is 4.29. The molecule has 3 rings (SSSR count). The summed E-state index contributed by atoms with van der Waals surface area (Å²) in [5.74, 6) is 0. The van der Waals surface area contributed by atoms with Gasteiger partial charge in [-0.25, -0.2) is 4.98 Å². The van der Waals surface area contributed by atoms with Gasteiger partial charge in [-0.15, -0.1) is 11.3 Å². The summed E-state index contributed by atoms with van der Waals surface area (Å²) >= 11 is 1.73. The van der Waals surface area contributed by atoms with Gasteiger partial charge in [-0.05, 0) is 46.0 Å². The van der Waals surface area contributed by atoms with Crippen LogP contribution in [0.1, 0.15) is 51.0 Å². The van der Waals surface area contributed by atoms with Crippen molar-refractivity contribution in [3.8, 4) is 0 Å². The maximum atomic E-state index is 5.98. The van der Waals surface area contributed by atoms with Gasteiger partial charge in [-0.1, -0.05) is 0 Å². The fourth-order valence-corrected chi connectivity index (χ4v) is 3.90. The molecule has 1 unspecified atom stereocenters. The van der Waals surface area contributed by atoms with Crippen LogP contribution in [0, 0.1) is 0 Å². The Morgan fingerprint density at radius 1 is 1.50 bits per heavy atom. The summed E-state index contributed by atoms with van der Waals surface area (Å²) in [6, 6.07) is 0.568. The predicted molar refractivity (Wildman–Crippen MR) is 73.8 cm³/mol. The highest BCUT2D eigenvalue weighted by atomic mass is 32.1. The number of hydrogen-bond acceptors (Lipinski definition) is 4. The van der Waals surface area contributed by atoms with E-state index in [1.165, 1.54) is 30.7 Å². The van der Waals surface area contributed by atoms with Gasteiger partial charge in [0, 0.05) is 24.2 Å². The van der Waals surface area contributed by atoms with E-state index in [1.54, 1.807) is 11.3 Å². The second-order valence-corrected chi connectivity index (χ2v) is 7.08. The molecule has 1 atom stereocenters. The van der Waals surface area contributed by atoms with Crippen molar-refractivity contribution in [1.29, 1.82) is 0 Å². The molecule has 0 bridgehead atoms. The number of aromatic nitrogens is 1. The molecule has 1 saturated carbocycles. The first-order valence-electron chi connectivity index (χ1n) is 6.91. The molecule has 1 spiro atoms. The zero-order valence-corrected chi connectivity index (χ0v) is 12.1. The van der Waals surface area contributed by atoms with E-state index in [9.17, 15) is 0 Å². The molecule has 1 aromatic heterocycles. The van der Waals surface area contributed by atoms with Crippen molar-refractivity contribution < 1.29 is 4.74 Å². The topological polar surface area (TPSA) is 34.1 Å². The fourth-order valence-electron chi connectivity index (χ4n) is 3.17. The average molecular weight is 266 g/mol. The second-order valence-electron chi connectivity index (χ2n) is 6.18. The predicted octanol–water partition coefficient (Wildman–Crippen LogP) is 3.07. The Bertz CT molecular complexity index is 398. The molecule has 0 amide bonds. The minimum absolute atomic E-state index is 0.0267. The van der Waals surface area contributed by atoms with Gasteiger partial charge < -0.3 is 10.1 Å². The van der Waals surface area contributed by atoms with Crippen molar-refractivity contribution in [1.82, 2.24) is 10.3 Å². The molecule has 0 aromatic carbocycles. The molecule has 1 aromatic rings. The number of hydrogen-bond donors (Lipinski definition) is 1. The first kappa shape index (κ1) is 12.6. The summed E-state index contributed by atoms with van der Waals surface area (Å²) in [6.45, 7) is 5.37. The lowest BCUT2D eigenvalue weighted by atomic mass is 9.73. The van der Waals surface area contributed by atoms with Crippen LogP contribution in [0.3, 0.4) is 0 Å². The van der Waals surface area contributed by atoms with Crippen molar-refractivity contribution in [2.24, 2.45) is 0 Å². The zero-order valence-electron chi connectivity index (χ0n) is 11.2. The van der Waals surface area contributed by atoms with Crippen LogP contribution >= 0.6 is 11.3 Å². The molecule has 100 valence electrons.